The van der Waals surface area contributed by atoms with Crippen molar-refractivity contribution in [3.8, 4) is 0 Å². The quantitative estimate of drug-likeness (QED) is 0.258. The van der Waals surface area contributed by atoms with Crippen LogP contribution in [0, 0.1) is 5.41 Å². The van der Waals surface area contributed by atoms with E-state index in [9.17, 15) is 30.6 Å². The molecule has 6 N–H and O–H groups in total. The highest BCUT2D eigenvalue weighted by atomic mass is 16.5. The molecule has 88 valence electrons. The van der Waals surface area contributed by atoms with Gasteiger partial charge in [0, 0.05) is 5.41 Å². The molecule has 0 bridgehead atoms. The molecular formula is C9H16O6. The van der Waals surface area contributed by atoms with E-state index in [0.717, 1.165) is 0 Å². The van der Waals surface area contributed by atoms with Gasteiger partial charge in [0.1, 0.15) is 35.6 Å². The summed E-state index contributed by atoms with van der Waals surface area (Å²) in [5.41, 5.74) is -5.16. The van der Waals surface area contributed by atoms with E-state index in [1.54, 1.807) is 0 Å². The zero-order chi connectivity index (χ0) is 11.8. The van der Waals surface area contributed by atoms with Crippen molar-refractivity contribution in [3.63, 3.8) is 0 Å². The van der Waals surface area contributed by atoms with Gasteiger partial charge in [-0.2, -0.15) is 0 Å². The maximum absolute atomic E-state index is 10.0. The van der Waals surface area contributed by atoms with Gasteiger partial charge < -0.3 is 30.6 Å². The van der Waals surface area contributed by atoms with E-state index in [1.807, 2.05) is 0 Å². The molecule has 0 aromatic rings. The number of hydrogen-bond acceptors (Lipinski definition) is 6. The third-order valence-electron chi connectivity index (χ3n) is 4.28. The number of fused-ring (bicyclic) bond motifs is 1. The van der Waals surface area contributed by atoms with Crippen LogP contribution < -0.4 is 0 Å². The second-order valence-corrected chi connectivity index (χ2v) is 5.03. The summed E-state index contributed by atoms with van der Waals surface area (Å²) in [7, 11) is 0. The Balaban J connectivity index is 2.48. The minimum atomic E-state index is -1.99. The van der Waals surface area contributed by atoms with Crippen molar-refractivity contribution in [3.05, 3.63) is 0 Å². The fourth-order valence-electron chi connectivity index (χ4n) is 2.95. The number of aliphatic hydroxyl groups excluding tert-OH is 4. The Morgan fingerprint density at radius 3 is 1.27 bits per heavy atom. The Kier molecular flexibility index (Phi) is 1.90. The lowest BCUT2D eigenvalue weighted by molar-refractivity contribution is -0.223. The second-order valence-electron chi connectivity index (χ2n) is 5.03. The molecule has 0 aliphatic heterocycles. The predicted molar refractivity (Wildman–Crippen MR) is 47.7 cm³/mol. The topological polar surface area (TPSA) is 121 Å². The van der Waals surface area contributed by atoms with E-state index in [-0.39, 0.29) is 0 Å². The van der Waals surface area contributed by atoms with Gasteiger partial charge in [-0.25, -0.2) is 0 Å². The van der Waals surface area contributed by atoms with Crippen LogP contribution in [0.5, 0.6) is 0 Å². The average molecular weight is 220 g/mol. The summed E-state index contributed by atoms with van der Waals surface area (Å²) in [5, 5.41) is 58.1. The maximum atomic E-state index is 10.0. The standard InChI is InChI=1S/C9H16O6/c1-7(2)8(14)5(12)3(10)4(11)6(13)9(7,8)15/h3-6,10-15H,1-2H3/t3-,4-,5+,6+,8-,9+/m1/s1. The Morgan fingerprint density at radius 1 is 0.733 bits per heavy atom. The molecule has 0 spiro atoms. The fourth-order valence-corrected chi connectivity index (χ4v) is 2.95. The van der Waals surface area contributed by atoms with E-state index >= 15 is 0 Å². The molecule has 6 heteroatoms. The van der Waals surface area contributed by atoms with E-state index < -0.39 is 41.0 Å². The molecule has 0 heterocycles. The summed E-state index contributed by atoms with van der Waals surface area (Å²) in [6.07, 6.45) is -6.72. The summed E-state index contributed by atoms with van der Waals surface area (Å²) in [6.45, 7) is 2.90. The average Bonchev–Trinajstić information content (AvgIpc) is 2.54. The van der Waals surface area contributed by atoms with Crippen LogP contribution in [-0.2, 0) is 0 Å². The van der Waals surface area contributed by atoms with Crippen molar-refractivity contribution in [2.45, 2.75) is 49.5 Å². The molecule has 0 aromatic carbocycles. The molecule has 0 saturated heterocycles. The molecule has 6 nitrogen and oxygen atoms in total. The Labute approximate surface area is 86.4 Å². The molecule has 0 amide bonds. The summed E-state index contributed by atoms with van der Waals surface area (Å²) in [4.78, 5) is 0. The van der Waals surface area contributed by atoms with E-state index in [2.05, 4.69) is 0 Å². The van der Waals surface area contributed by atoms with Crippen LogP contribution in [0.15, 0.2) is 0 Å². The highest BCUT2D eigenvalue weighted by Crippen LogP contribution is 2.70. The Morgan fingerprint density at radius 2 is 1.00 bits per heavy atom. The monoisotopic (exact) mass is 220 g/mol. The number of hydrogen-bond donors (Lipinski definition) is 6. The molecule has 2 aliphatic carbocycles. The minimum absolute atomic E-state index is 1.18. The molecule has 15 heavy (non-hydrogen) atoms. The van der Waals surface area contributed by atoms with Crippen LogP contribution in [0.2, 0.25) is 0 Å². The van der Waals surface area contributed by atoms with Crippen LogP contribution >= 0.6 is 0 Å². The largest absolute Gasteiger partial charge is 0.387 e. The van der Waals surface area contributed by atoms with Crippen LogP contribution in [0.25, 0.3) is 0 Å². The summed E-state index contributed by atoms with van der Waals surface area (Å²) < 4.78 is 0. The van der Waals surface area contributed by atoms with E-state index in [0.29, 0.717) is 0 Å². The zero-order valence-corrected chi connectivity index (χ0v) is 8.49. The molecule has 0 unspecified atom stereocenters. The molecule has 0 aromatic heterocycles. The third kappa shape index (κ3) is 0.800. The first-order valence-corrected chi connectivity index (χ1v) is 4.81. The fraction of sp³-hybridized carbons (Fsp3) is 1.00. The van der Waals surface area contributed by atoms with Gasteiger partial charge in [0.15, 0.2) is 0 Å². The second kappa shape index (κ2) is 2.53. The smallest absolute Gasteiger partial charge is 0.133 e. The van der Waals surface area contributed by atoms with Crippen molar-refractivity contribution in [1.29, 1.82) is 0 Å². The third-order valence-corrected chi connectivity index (χ3v) is 4.28. The SMILES string of the molecule is CC1(C)[C@]2(O)[C@@H](O)[C@H](O)[C@@H](O)[C@H](O)[C@]12O. The zero-order valence-electron chi connectivity index (χ0n) is 8.49. The van der Waals surface area contributed by atoms with Crippen LogP contribution in [0.4, 0.5) is 0 Å². The lowest BCUT2D eigenvalue weighted by atomic mass is 9.85. The van der Waals surface area contributed by atoms with Crippen LogP contribution in [-0.4, -0.2) is 66.3 Å². The minimum Gasteiger partial charge on any atom is -0.387 e. The lowest BCUT2D eigenvalue weighted by Gasteiger charge is -2.38. The first-order chi connectivity index (χ1) is 6.64. The van der Waals surface area contributed by atoms with Gasteiger partial charge in [0.25, 0.3) is 0 Å². The van der Waals surface area contributed by atoms with Gasteiger partial charge in [-0.05, 0) is 0 Å². The van der Waals surface area contributed by atoms with Crippen LogP contribution in [0.3, 0.4) is 0 Å². The molecule has 2 rings (SSSR count). The van der Waals surface area contributed by atoms with E-state index in [1.165, 1.54) is 13.8 Å². The molecule has 2 fully saturated rings. The number of rotatable bonds is 0. The Hall–Kier alpha value is -0.240. The van der Waals surface area contributed by atoms with Crippen molar-refractivity contribution in [1.82, 2.24) is 0 Å². The van der Waals surface area contributed by atoms with Crippen molar-refractivity contribution in [2.24, 2.45) is 5.41 Å². The van der Waals surface area contributed by atoms with Gasteiger partial charge in [0.05, 0.1) is 0 Å². The molecular weight excluding hydrogens is 204 g/mol. The molecule has 2 saturated carbocycles. The first-order valence-electron chi connectivity index (χ1n) is 4.81. The van der Waals surface area contributed by atoms with Crippen LogP contribution in [0.1, 0.15) is 13.8 Å². The molecule has 6 atom stereocenters. The molecule has 2 aliphatic rings. The van der Waals surface area contributed by atoms with Gasteiger partial charge in [-0.15, -0.1) is 0 Å². The van der Waals surface area contributed by atoms with Gasteiger partial charge in [-0.3, -0.25) is 0 Å². The highest BCUT2D eigenvalue weighted by molar-refractivity contribution is 5.40. The number of aliphatic hydroxyl groups is 6. The normalized spacial score (nSPS) is 62.4. The predicted octanol–water partition coefficient (Wildman–Crippen LogP) is -3.05. The summed E-state index contributed by atoms with van der Waals surface area (Å²) in [6, 6.07) is 0. The Bertz CT molecular complexity index is 277. The highest BCUT2D eigenvalue weighted by Gasteiger charge is 2.91. The van der Waals surface area contributed by atoms with Crippen molar-refractivity contribution >= 4 is 0 Å². The maximum Gasteiger partial charge on any atom is 0.133 e. The van der Waals surface area contributed by atoms with Gasteiger partial charge in [-0.1, -0.05) is 13.8 Å². The summed E-state index contributed by atoms with van der Waals surface area (Å²) in [5.74, 6) is 0. The molecule has 0 radical (unpaired) electrons. The first kappa shape index (κ1) is 11.3. The van der Waals surface area contributed by atoms with E-state index in [4.69, 9.17) is 0 Å². The van der Waals surface area contributed by atoms with Crippen molar-refractivity contribution < 1.29 is 30.6 Å². The van der Waals surface area contributed by atoms with Gasteiger partial charge in [0.2, 0.25) is 0 Å². The summed E-state index contributed by atoms with van der Waals surface area (Å²) >= 11 is 0. The van der Waals surface area contributed by atoms with Gasteiger partial charge >= 0.3 is 0 Å². The lowest BCUT2D eigenvalue weighted by Crippen LogP contribution is -2.63. The van der Waals surface area contributed by atoms with Crippen molar-refractivity contribution in [2.75, 3.05) is 0 Å².